The number of thiophene rings is 1. The minimum absolute atomic E-state index is 0.121. The Balaban J connectivity index is 2.23. The normalized spacial score (nSPS) is 13.2. The lowest BCUT2D eigenvalue weighted by molar-refractivity contribution is 0.0932. The molecule has 1 N–H and O–H groups in total. The van der Waals surface area contributed by atoms with Crippen LogP contribution in [0.25, 0.3) is 0 Å². The summed E-state index contributed by atoms with van der Waals surface area (Å²) in [4.78, 5) is 13.6. The largest absolute Gasteiger partial charge is 0.345 e. The summed E-state index contributed by atoms with van der Waals surface area (Å²) in [7, 11) is -1.94. The van der Waals surface area contributed by atoms with E-state index in [0.29, 0.717) is 23.1 Å². The van der Waals surface area contributed by atoms with Crippen molar-refractivity contribution in [2.75, 3.05) is 13.1 Å². The van der Waals surface area contributed by atoms with Gasteiger partial charge in [0.15, 0.2) is 0 Å². The van der Waals surface area contributed by atoms with Crippen LogP contribution in [0.3, 0.4) is 0 Å². The second-order valence-electron chi connectivity index (χ2n) is 5.60. The zero-order valence-corrected chi connectivity index (χ0v) is 17.0. The molecular weight excluding hydrogens is 382 g/mol. The molecule has 2 heterocycles. The molecular formula is C16H22ClN3O3S2. The van der Waals surface area contributed by atoms with Crippen molar-refractivity contribution in [2.45, 2.75) is 31.7 Å². The Morgan fingerprint density at radius 2 is 2.00 bits per heavy atom. The van der Waals surface area contributed by atoms with Crippen LogP contribution >= 0.6 is 22.9 Å². The summed E-state index contributed by atoms with van der Waals surface area (Å²) in [6.45, 7) is 6.18. The molecule has 0 fully saturated rings. The van der Waals surface area contributed by atoms with Crippen LogP contribution in [0, 0.1) is 0 Å². The lowest BCUT2D eigenvalue weighted by Gasteiger charge is -2.17. The van der Waals surface area contributed by atoms with Gasteiger partial charge in [0.25, 0.3) is 5.91 Å². The van der Waals surface area contributed by atoms with Gasteiger partial charge in [-0.3, -0.25) is 4.79 Å². The highest BCUT2D eigenvalue weighted by Crippen LogP contribution is 2.27. The predicted molar refractivity (Wildman–Crippen MR) is 101 cm³/mol. The number of carbonyl (C=O) groups excluding carboxylic acids is 1. The average molecular weight is 404 g/mol. The molecule has 25 heavy (non-hydrogen) atoms. The molecule has 0 bridgehead atoms. The molecule has 0 aliphatic heterocycles. The van der Waals surface area contributed by atoms with Gasteiger partial charge < -0.3 is 9.88 Å². The van der Waals surface area contributed by atoms with Crippen molar-refractivity contribution in [2.24, 2.45) is 7.05 Å². The van der Waals surface area contributed by atoms with Crippen molar-refractivity contribution in [3.63, 3.8) is 0 Å². The molecule has 0 spiro atoms. The maximum atomic E-state index is 12.6. The van der Waals surface area contributed by atoms with E-state index < -0.39 is 10.0 Å². The van der Waals surface area contributed by atoms with Crippen LogP contribution in [-0.4, -0.2) is 36.3 Å². The number of sulfonamides is 1. The minimum Gasteiger partial charge on any atom is -0.345 e. The molecule has 0 aromatic carbocycles. The number of nitrogens with one attached hydrogen (secondary N) is 1. The molecule has 1 amide bonds. The number of nitrogens with zero attached hydrogens (tertiary/aromatic N) is 2. The number of aromatic nitrogens is 1. The van der Waals surface area contributed by atoms with Crippen LogP contribution < -0.4 is 5.32 Å². The lowest BCUT2D eigenvalue weighted by Crippen LogP contribution is -2.30. The van der Waals surface area contributed by atoms with Gasteiger partial charge in [-0.05, 0) is 25.1 Å². The van der Waals surface area contributed by atoms with Crippen molar-refractivity contribution in [1.82, 2.24) is 14.2 Å². The Morgan fingerprint density at radius 3 is 2.52 bits per heavy atom. The highest BCUT2D eigenvalue weighted by atomic mass is 35.5. The van der Waals surface area contributed by atoms with Crippen LogP contribution in [-0.2, 0) is 17.1 Å². The minimum atomic E-state index is -3.60. The quantitative estimate of drug-likeness (QED) is 0.771. The maximum Gasteiger partial charge on any atom is 0.268 e. The molecule has 1 atom stereocenters. The molecule has 0 radical (unpaired) electrons. The third kappa shape index (κ3) is 4.25. The molecule has 0 aliphatic carbocycles. The summed E-state index contributed by atoms with van der Waals surface area (Å²) in [6, 6.07) is 4.83. The Morgan fingerprint density at radius 1 is 1.36 bits per heavy atom. The topological polar surface area (TPSA) is 71.4 Å². The van der Waals surface area contributed by atoms with Crippen LogP contribution in [0.4, 0.5) is 0 Å². The molecule has 2 aromatic heterocycles. The van der Waals surface area contributed by atoms with Crippen molar-refractivity contribution in [1.29, 1.82) is 0 Å². The van der Waals surface area contributed by atoms with Gasteiger partial charge in [0.1, 0.15) is 10.6 Å². The van der Waals surface area contributed by atoms with Crippen LogP contribution in [0.1, 0.15) is 42.2 Å². The number of aryl methyl sites for hydroxylation is 1. The van der Waals surface area contributed by atoms with Gasteiger partial charge in [0, 0.05) is 31.2 Å². The van der Waals surface area contributed by atoms with E-state index in [0.717, 1.165) is 4.88 Å². The summed E-state index contributed by atoms with van der Waals surface area (Å²) in [6.07, 6.45) is 1.47. The van der Waals surface area contributed by atoms with E-state index in [1.54, 1.807) is 27.0 Å². The lowest BCUT2D eigenvalue weighted by atomic mass is 10.2. The molecule has 0 aliphatic rings. The first-order chi connectivity index (χ1) is 11.7. The number of hydrogen-bond acceptors (Lipinski definition) is 4. The fourth-order valence-corrected chi connectivity index (χ4v) is 5.11. The molecule has 0 saturated carbocycles. The standard InChI is InChI=1S/C16H22ClN3O3S2/c1-5-20(6-2)25(22,23)12-9-13(19(4)10-12)16(21)18-11(3)14-7-8-15(17)24-14/h7-11H,5-6H2,1-4H3,(H,18,21). The zero-order valence-electron chi connectivity index (χ0n) is 14.6. The van der Waals surface area contributed by atoms with E-state index in [2.05, 4.69) is 5.32 Å². The summed E-state index contributed by atoms with van der Waals surface area (Å²) in [5.41, 5.74) is 0.292. The number of carbonyl (C=O) groups is 1. The Labute approximate surface area is 157 Å². The van der Waals surface area contributed by atoms with Gasteiger partial charge in [-0.1, -0.05) is 25.4 Å². The fourth-order valence-electron chi connectivity index (χ4n) is 2.52. The number of hydrogen-bond donors (Lipinski definition) is 1. The Kier molecular flexibility index (Phi) is 6.31. The van der Waals surface area contributed by atoms with Gasteiger partial charge in [-0.25, -0.2) is 8.42 Å². The number of rotatable bonds is 7. The van der Waals surface area contributed by atoms with Crippen molar-refractivity contribution in [3.05, 3.63) is 39.3 Å². The van der Waals surface area contributed by atoms with Crippen LogP contribution in [0.2, 0.25) is 4.34 Å². The van der Waals surface area contributed by atoms with E-state index in [1.807, 2.05) is 13.0 Å². The molecule has 0 saturated heterocycles. The third-order valence-electron chi connectivity index (χ3n) is 3.92. The van der Waals surface area contributed by atoms with E-state index in [1.165, 1.54) is 32.5 Å². The average Bonchev–Trinajstić information content (AvgIpc) is 3.14. The van der Waals surface area contributed by atoms with Crippen LogP contribution in [0.15, 0.2) is 29.3 Å². The number of amides is 1. The molecule has 138 valence electrons. The fraction of sp³-hybridized carbons (Fsp3) is 0.438. The zero-order chi connectivity index (χ0) is 18.8. The van der Waals surface area contributed by atoms with E-state index in [-0.39, 0.29) is 16.8 Å². The van der Waals surface area contributed by atoms with Gasteiger partial charge >= 0.3 is 0 Å². The summed E-state index contributed by atoms with van der Waals surface area (Å²) >= 11 is 7.32. The highest BCUT2D eigenvalue weighted by molar-refractivity contribution is 7.89. The van der Waals surface area contributed by atoms with Crippen LogP contribution in [0.5, 0.6) is 0 Å². The third-order valence-corrected chi connectivity index (χ3v) is 7.35. The second kappa shape index (κ2) is 7.90. The summed E-state index contributed by atoms with van der Waals surface area (Å²) < 4.78 is 28.7. The predicted octanol–water partition coefficient (Wildman–Crippen LogP) is 3.26. The smallest absolute Gasteiger partial charge is 0.268 e. The first-order valence-corrected chi connectivity index (χ1v) is 10.6. The Bertz CT molecular complexity index is 854. The maximum absolute atomic E-state index is 12.6. The van der Waals surface area contributed by atoms with Crippen molar-refractivity contribution >= 4 is 38.9 Å². The summed E-state index contributed by atoms with van der Waals surface area (Å²) in [5.74, 6) is -0.333. The summed E-state index contributed by atoms with van der Waals surface area (Å²) in [5, 5.41) is 2.87. The molecule has 2 aromatic rings. The number of halogens is 1. The van der Waals surface area contributed by atoms with Crippen molar-refractivity contribution < 1.29 is 13.2 Å². The first-order valence-electron chi connectivity index (χ1n) is 7.93. The molecule has 9 heteroatoms. The molecule has 2 rings (SSSR count). The second-order valence-corrected chi connectivity index (χ2v) is 9.28. The highest BCUT2D eigenvalue weighted by Gasteiger charge is 2.26. The SMILES string of the molecule is CCN(CC)S(=O)(=O)c1cc(C(=O)NC(C)c2ccc(Cl)s2)n(C)c1. The van der Waals surface area contributed by atoms with Gasteiger partial charge in [0.05, 0.1) is 10.4 Å². The van der Waals surface area contributed by atoms with Crippen molar-refractivity contribution in [3.8, 4) is 0 Å². The van der Waals surface area contributed by atoms with E-state index in [4.69, 9.17) is 11.6 Å². The van der Waals surface area contributed by atoms with Gasteiger partial charge in [-0.15, -0.1) is 11.3 Å². The first kappa shape index (κ1) is 20.0. The van der Waals surface area contributed by atoms with Gasteiger partial charge in [0.2, 0.25) is 10.0 Å². The van der Waals surface area contributed by atoms with E-state index >= 15 is 0 Å². The monoisotopic (exact) mass is 403 g/mol. The molecule has 6 nitrogen and oxygen atoms in total. The molecule has 1 unspecified atom stereocenters. The van der Waals surface area contributed by atoms with E-state index in [9.17, 15) is 13.2 Å². The Hall–Kier alpha value is -1.35. The van der Waals surface area contributed by atoms with Gasteiger partial charge in [-0.2, -0.15) is 4.31 Å².